The van der Waals surface area contributed by atoms with Crippen LogP contribution < -0.4 is 5.32 Å². The summed E-state index contributed by atoms with van der Waals surface area (Å²) >= 11 is 0. The Kier molecular flexibility index (Phi) is 3.36. The molecule has 0 atom stereocenters. The van der Waals surface area contributed by atoms with Crippen molar-refractivity contribution in [3.63, 3.8) is 0 Å². The number of carboxylic acids is 1. The molecule has 1 spiro atoms. The van der Waals surface area contributed by atoms with E-state index in [1.165, 1.54) is 10.5 Å². The summed E-state index contributed by atoms with van der Waals surface area (Å²) in [7, 11) is 4.09. The van der Waals surface area contributed by atoms with Crippen molar-refractivity contribution in [2.45, 2.75) is 23.9 Å². The zero-order valence-electron chi connectivity index (χ0n) is 12.9. The maximum Gasteiger partial charge on any atom is 0.323 e. The molecule has 2 amide bonds. The lowest BCUT2D eigenvalue weighted by atomic mass is 9.59. The van der Waals surface area contributed by atoms with Gasteiger partial charge in [0, 0.05) is 6.54 Å². The van der Waals surface area contributed by atoms with Gasteiger partial charge in [-0.05, 0) is 32.5 Å². The van der Waals surface area contributed by atoms with Crippen LogP contribution in [0.15, 0.2) is 30.3 Å². The standard InChI is InChI=1S/C16H21N3O3/c1-18(2)16(12-6-4-3-5-7-12)9-15(10-16)11-19(8-13(20)21)14(22)17-15/h3-7H,8-11H2,1-2H3,(H,17,22)(H,20,21)/t15-,16-. The fourth-order valence-electron chi connectivity index (χ4n) is 3.87. The molecule has 6 heteroatoms. The maximum absolute atomic E-state index is 12.0. The first-order valence-electron chi connectivity index (χ1n) is 7.39. The SMILES string of the molecule is CN(C)[C@]1(c2ccccc2)C[C@]2(CN(CC(=O)O)C(=O)N2)C1. The number of rotatable bonds is 4. The van der Waals surface area contributed by atoms with Crippen LogP contribution in [0.5, 0.6) is 0 Å². The van der Waals surface area contributed by atoms with Crippen molar-refractivity contribution in [1.82, 2.24) is 15.1 Å². The second kappa shape index (κ2) is 4.98. The zero-order valence-corrected chi connectivity index (χ0v) is 12.9. The minimum absolute atomic E-state index is 0.103. The predicted octanol–water partition coefficient (Wildman–Crippen LogP) is 1.09. The van der Waals surface area contributed by atoms with Gasteiger partial charge in [0.25, 0.3) is 0 Å². The molecule has 0 radical (unpaired) electrons. The molecule has 0 unspecified atom stereocenters. The number of hydrogen-bond donors (Lipinski definition) is 2. The third kappa shape index (κ3) is 2.23. The minimum Gasteiger partial charge on any atom is -0.480 e. The van der Waals surface area contributed by atoms with Gasteiger partial charge >= 0.3 is 12.0 Å². The van der Waals surface area contributed by atoms with E-state index in [1.54, 1.807) is 0 Å². The summed E-state index contributed by atoms with van der Waals surface area (Å²) < 4.78 is 0. The molecular weight excluding hydrogens is 282 g/mol. The summed E-state index contributed by atoms with van der Waals surface area (Å²) in [6, 6.07) is 9.98. The molecule has 1 aromatic carbocycles. The Bertz CT molecular complexity index is 594. The normalized spacial score (nSPS) is 30.5. The van der Waals surface area contributed by atoms with Crippen molar-refractivity contribution in [2.24, 2.45) is 0 Å². The highest BCUT2D eigenvalue weighted by atomic mass is 16.4. The van der Waals surface area contributed by atoms with Gasteiger partial charge in [-0.15, -0.1) is 0 Å². The lowest BCUT2D eigenvalue weighted by Crippen LogP contribution is -2.66. The van der Waals surface area contributed by atoms with Crippen molar-refractivity contribution >= 4 is 12.0 Å². The molecule has 3 rings (SSSR count). The second-order valence-electron chi connectivity index (χ2n) is 6.61. The highest BCUT2D eigenvalue weighted by molar-refractivity contribution is 5.83. The minimum atomic E-state index is -0.978. The van der Waals surface area contributed by atoms with E-state index < -0.39 is 5.97 Å². The quantitative estimate of drug-likeness (QED) is 0.873. The van der Waals surface area contributed by atoms with Gasteiger partial charge in [-0.3, -0.25) is 9.69 Å². The summed E-state index contributed by atoms with van der Waals surface area (Å²) in [6.45, 7) is 0.217. The average Bonchev–Trinajstić information content (AvgIpc) is 2.73. The Labute approximate surface area is 129 Å². The number of carboxylic acid groups (broad SMARTS) is 1. The first kappa shape index (κ1) is 14.8. The van der Waals surface area contributed by atoms with Crippen LogP contribution in [0.4, 0.5) is 4.79 Å². The van der Waals surface area contributed by atoms with Crippen LogP contribution >= 0.6 is 0 Å². The molecule has 2 fully saturated rings. The first-order chi connectivity index (χ1) is 10.4. The van der Waals surface area contributed by atoms with Crippen LogP contribution in [0.25, 0.3) is 0 Å². The average molecular weight is 303 g/mol. The highest BCUT2D eigenvalue weighted by Crippen LogP contribution is 2.53. The molecule has 1 saturated heterocycles. The molecule has 0 aromatic heterocycles. The summed E-state index contributed by atoms with van der Waals surface area (Å²) in [5, 5.41) is 11.9. The summed E-state index contributed by atoms with van der Waals surface area (Å²) in [5.74, 6) is -0.978. The maximum atomic E-state index is 12.0. The Balaban J connectivity index is 1.79. The van der Waals surface area contributed by atoms with Gasteiger partial charge in [-0.25, -0.2) is 4.79 Å². The molecule has 2 N–H and O–H groups in total. The first-order valence-corrected chi connectivity index (χ1v) is 7.39. The van der Waals surface area contributed by atoms with E-state index in [2.05, 4.69) is 22.3 Å². The Morgan fingerprint density at radius 2 is 1.95 bits per heavy atom. The van der Waals surface area contributed by atoms with Gasteiger partial charge in [0.05, 0.1) is 11.1 Å². The molecule has 22 heavy (non-hydrogen) atoms. The lowest BCUT2D eigenvalue weighted by Gasteiger charge is -2.57. The molecule has 6 nitrogen and oxygen atoms in total. The van der Waals surface area contributed by atoms with E-state index in [-0.39, 0.29) is 23.7 Å². The highest BCUT2D eigenvalue weighted by Gasteiger charge is 2.60. The molecule has 1 heterocycles. The van der Waals surface area contributed by atoms with Crippen LogP contribution in [-0.4, -0.2) is 59.6 Å². The molecule has 0 bridgehead atoms. The van der Waals surface area contributed by atoms with Crippen LogP contribution in [0.2, 0.25) is 0 Å². The van der Waals surface area contributed by atoms with E-state index in [9.17, 15) is 9.59 Å². The molecule has 118 valence electrons. The number of urea groups is 1. The fourth-order valence-corrected chi connectivity index (χ4v) is 3.87. The van der Waals surface area contributed by atoms with E-state index >= 15 is 0 Å². The molecule has 1 saturated carbocycles. The second-order valence-corrected chi connectivity index (χ2v) is 6.61. The monoisotopic (exact) mass is 303 g/mol. The number of carbonyl (C=O) groups is 2. The van der Waals surface area contributed by atoms with Crippen molar-refractivity contribution in [1.29, 1.82) is 0 Å². The lowest BCUT2D eigenvalue weighted by molar-refractivity contribution is -0.137. The zero-order chi connectivity index (χ0) is 16.0. The topological polar surface area (TPSA) is 72.9 Å². The smallest absolute Gasteiger partial charge is 0.323 e. The van der Waals surface area contributed by atoms with Gasteiger partial charge in [-0.1, -0.05) is 30.3 Å². The number of aliphatic carboxylic acids is 1. The van der Waals surface area contributed by atoms with Crippen LogP contribution in [0.1, 0.15) is 18.4 Å². The van der Waals surface area contributed by atoms with Crippen molar-refractivity contribution in [3.05, 3.63) is 35.9 Å². The molecule has 2 aliphatic rings. The van der Waals surface area contributed by atoms with E-state index in [1.807, 2.05) is 32.3 Å². The van der Waals surface area contributed by atoms with Crippen molar-refractivity contribution < 1.29 is 14.7 Å². The third-order valence-electron chi connectivity index (χ3n) is 4.91. The largest absolute Gasteiger partial charge is 0.480 e. The van der Waals surface area contributed by atoms with Gasteiger partial charge in [0.1, 0.15) is 6.54 Å². The van der Waals surface area contributed by atoms with Crippen molar-refractivity contribution in [2.75, 3.05) is 27.2 Å². The number of nitrogens with zero attached hydrogens (tertiary/aromatic N) is 2. The van der Waals surface area contributed by atoms with Crippen LogP contribution in [-0.2, 0) is 10.3 Å². The van der Waals surface area contributed by atoms with Gasteiger partial charge < -0.3 is 15.3 Å². The number of amides is 2. The van der Waals surface area contributed by atoms with Gasteiger partial charge in [0.15, 0.2) is 0 Å². The molecule has 1 aliphatic heterocycles. The molecular formula is C16H21N3O3. The summed E-state index contributed by atoms with van der Waals surface area (Å²) in [4.78, 5) is 26.4. The van der Waals surface area contributed by atoms with E-state index in [0.717, 1.165) is 12.8 Å². The molecule has 1 aliphatic carbocycles. The van der Waals surface area contributed by atoms with Crippen molar-refractivity contribution in [3.8, 4) is 0 Å². The number of hydrogen-bond acceptors (Lipinski definition) is 3. The number of nitrogens with one attached hydrogen (secondary N) is 1. The van der Waals surface area contributed by atoms with E-state index in [0.29, 0.717) is 6.54 Å². The van der Waals surface area contributed by atoms with Crippen LogP contribution in [0.3, 0.4) is 0 Å². The summed E-state index contributed by atoms with van der Waals surface area (Å²) in [6.07, 6.45) is 1.58. The number of carbonyl (C=O) groups excluding carboxylic acids is 1. The van der Waals surface area contributed by atoms with Crippen LogP contribution in [0, 0.1) is 0 Å². The third-order valence-corrected chi connectivity index (χ3v) is 4.91. The Morgan fingerprint density at radius 3 is 2.50 bits per heavy atom. The summed E-state index contributed by atoms with van der Waals surface area (Å²) in [5.41, 5.74) is 0.817. The molecule has 1 aromatic rings. The van der Waals surface area contributed by atoms with Gasteiger partial charge in [0.2, 0.25) is 0 Å². The Morgan fingerprint density at radius 1 is 1.32 bits per heavy atom. The fraction of sp³-hybridized carbons (Fsp3) is 0.500. The number of benzene rings is 1. The predicted molar refractivity (Wildman–Crippen MR) is 81.5 cm³/mol. The Hall–Kier alpha value is -2.08. The van der Waals surface area contributed by atoms with E-state index in [4.69, 9.17) is 5.11 Å². The van der Waals surface area contributed by atoms with Gasteiger partial charge in [-0.2, -0.15) is 0 Å².